The lowest BCUT2D eigenvalue weighted by Gasteiger charge is -2.15. The van der Waals surface area contributed by atoms with Crippen molar-refractivity contribution < 1.29 is 36.1 Å². The molecule has 0 saturated carbocycles. The van der Waals surface area contributed by atoms with Crippen LogP contribution < -0.4 is 23.1 Å². The van der Waals surface area contributed by atoms with Crippen LogP contribution in [0.3, 0.4) is 0 Å². The maximum atomic E-state index is 11.2. The first-order valence-electron chi connectivity index (χ1n) is 8.37. The highest BCUT2D eigenvalue weighted by Gasteiger charge is 2.19. The summed E-state index contributed by atoms with van der Waals surface area (Å²) in [6.07, 6.45) is 1.47. The molecule has 0 saturated heterocycles. The molecule has 2 aromatic carbocycles. The number of nitrogens with zero attached hydrogens (tertiary/aromatic N) is 3. The van der Waals surface area contributed by atoms with Crippen molar-refractivity contribution in [3.05, 3.63) is 36.5 Å². The number of methoxy groups -OCH3 is 4. The van der Waals surface area contributed by atoms with Gasteiger partial charge in [0.15, 0.2) is 23.0 Å². The molecule has 3 aromatic rings. The molecular weight excluding hydrogens is 418 g/mol. The molecule has 0 bridgehead atoms. The minimum atomic E-state index is -4.75. The Bertz CT molecular complexity index is 1130. The first kappa shape index (κ1) is 21.2. The van der Waals surface area contributed by atoms with Crippen LogP contribution in [0.25, 0.3) is 16.9 Å². The average Bonchev–Trinajstić information content (AvgIpc) is 3.21. The molecule has 1 aromatic heterocycles. The summed E-state index contributed by atoms with van der Waals surface area (Å²) in [7, 11) is 1.07. The van der Waals surface area contributed by atoms with E-state index in [2.05, 4.69) is 14.5 Å². The van der Waals surface area contributed by atoms with Crippen LogP contribution in [-0.2, 0) is 10.4 Å². The maximum absolute atomic E-state index is 11.2. The second-order valence-electron chi connectivity index (χ2n) is 5.79. The fourth-order valence-corrected chi connectivity index (χ4v) is 3.18. The van der Waals surface area contributed by atoms with E-state index in [4.69, 9.17) is 23.5 Å². The van der Waals surface area contributed by atoms with Gasteiger partial charge in [0, 0.05) is 17.7 Å². The highest BCUT2D eigenvalue weighted by atomic mass is 32.3. The van der Waals surface area contributed by atoms with Crippen LogP contribution in [0.4, 0.5) is 0 Å². The fourth-order valence-electron chi connectivity index (χ4n) is 2.83. The van der Waals surface area contributed by atoms with Crippen molar-refractivity contribution in [2.45, 2.75) is 0 Å². The standard InChI is InChI=1S/C18H19N3O8S/c1-25-14-6-5-11(7-15(14)29-30(22,23)24)13-10-19-20-21(13)12-8-16(26-2)18(28-4)17(9-12)27-3/h5-10H,1-4H3,(H,22,23,24). The van der Waals surface area contributed by atoms with E-state index in [1.807, 2.05) is 0 Å². The number of hydrogen-bond acceptors (Lipinski definition) is 9. The third kappa shape index (κ3) is 4.23. The molecule has 11 nitrogen and oxygen atoms in total. The van der Waals surface area contributed by atoms with Gasteiger partial charge in [-0.2, -0.15) is 8.42 Å². The molecule has 0 unspecified atom stereocenters. The molecule has 0 aliphatic rings. The first-order chi connectivity index (χ1) is 14.3. The lowest BCUT2D eigenvalue weighted by Crippen LogP contribution is -2.08. The van der Waals surface area contributed by atoms with Crippen molar-refractivity contribution in [1.29, 1.82) is 0 Å². The molecule has 0 atom stereocenters. The van der Waals surface area contributed by atoms with E-state index in [-0.39, 0.29) is 11.5 Å². The Labute approximate surface area is 172 Å². The number of benzene rings is 2. The van der Waals surface area contributed by atoms with Gasteiger partial charge in [-0.3, -0.25) is 4.55 Å². The smallest absolute Gasteiger partial charge is 0.446 e. The molecule has 0 amide bonds. The molecular formula is C18H19N3O8S. The predicted octanol–water partition coefficient (Wildman–Crippen LogP) is 2.15. The van der Waals surface area contributed by atoms with Gasteiger partial charge in [0.05, 0.1) is 46.0 Å². The molecule has 0 spiro atoms. The van der Waals surface area contributed by atoms with Crippen molar-refractivity contribution in [3.63, 3.8) is 0 Å². The van der Waals surface area contributed by atoms with Crippen LogP contribution in [-0.4, -0.2) is 56.4 Å². The molecule has 0 aliphatic heterocycles. The van der Waals surface area contributed by atoms with Gasteiger partial charge in [0.2, 0.25) is 5.75 Å². The number of aromatic nitrogens is 3. The number of hydrogen-bond donors (Lipinski definition) is 1. The van der Waals surface area contributed by atoms with Gasteiger partial charge in [0.25, 0.3) is 0 Å². The lowest BCUT2D eigenvalue weighted by atomic mass is 10.1. The number of rotatable bonds is 8. The van der Waals surface area contributed by atoms with Crippen molar-refractivity contribution in [1.82, 2.24) is 15.0 Å². The first-order valence-corrected chi connectivity index (χ1v) is 9.74. The quantitative estimate of drug-likeness (QED) is 0.523. The van der Waals surface area contributed by atoms with Gasteiger partial charge in [-0.05, 0) is 18.2 Å². The Morgan fingerprint density at radius 2 is 1.50 bits per heavy atom. The van der Waals surface area contributed by atoms with Gasteiger partial charge < -0.3 is 23.1 Å². The average molecular weight is 437 g/mol. The fraction of sp³-hybridized carbons (Fsp3) is 0.222. The predicted molar refractivity (Wildman–Crippen MR) is 105 cm³/mol. The molecule has 0 fully saturated rings. The third-order valence-corrected chi connectivity index (χ3v) is 4.49. The summed E-state index contributed by atoms with van der Waals surface area (Å²) in [5, 5.41) is 8.03. The zero-order valence-corrected chi connectivity index (χ0v) is 17.3. The van der Waals surface area contributed by atoms with E-state index < -0.39 is 10.4 Å². The van der Waals surface area contributed by atoms with E-state index >= 15 is 0 Å². The summed E-state index contributed by atoms with van der Waals surface area (Å²) in [6.45, 7) is 0. The van der Waals surface area contributed by atoms with E-state index in [9.17, 15) is 8.42 Å². The Balaban J connectivity index is 2.14. The molecule has 12 heteroatoms. The van der Waals surface area contributed by atoms with Crippen molar-refractivity contribution in [2.24, 2.45) is 0 Å². The molecule has 30 heavy (non-hydrogen) atoms. The Kier molecular flexibility index (Phi) is 5.99. The normalized spacial score (nSPS) is 11.1. The molecule has 0 radical (unpaired) electrons. The highest BCUT2D eigenvalue weighted by Crippen LogP contribution is 2.40. The van der Waals surface area contributed by atoms with Gasteiger partial charge in [-0.25, -0.2) is 4.68 Å². The van der Waals surface area contributed by atoms with Gasteiger partial charge in [0.1, 0.15) is 0 Å². The number of ether oxygens (including phenoxy) is 4. The summed E-state index contributed by atoms with van der Waals surface area (Å²) < 4.78 is 58.6. The largest absolute Gasteiger partial charge is 0.493 e. The molecule has 3 rings (SSSR count). The van der Waals surface area contributed by atoms with Crippen LogP contribution in [0, 0.1) is 0 Å². The van der Waals surface area contributed by atoms with Crippen molar-refractivity contribution in [3.8, 4) is 45.7 Å². The highest BCUT2D eigenvalue weighted by molar-refractivity contribution is 7.81. The van der Waals surface area contributed by atoms with E-state index in [1.54, 1.807) is 18.2 Å². The topological polar surface area (TPSA) is 131 Å². The molecule has 0 aliphatic carbocycles. The molecule has 160 valence electrons. The van der Waals surface area contributed by atoms with Crippen LogP contribution in [0.5, 0.6) is 28.7 Å². The Morgan fingerprint density at radius 1 is 0.867 bits per heavy atom. The summed E-state index contributed by atoms with van der Waals surface area (Å²) in [6, 6.07) is 7.88. The summed E-state index contributed by atoms with van der Waals surface area (Å²) in [5.41, 5.74) is 1.53. The second kappa shape index (κ2) is 8.47. The second-order valence-corrected chi connectivity index (χ2v) is 6.81. The van der Waals surface area contributed by atoms with E-state index in [0.29, 0.717) is 34.2 Å². The van der Waals surface area contributed by atoms with Crippen LogP contribution in [0.1, 0.15) is 0 Å². The van der Waals surface area contributed by atoms with Gasteiger partial charge in [-0.1, -0.05) is 5.21 Å². The summed E-state index contributed by atoms with van der Waals surface area (Å²) in [5.74, 6) is 1.16. The minimum Gasteiger partial charge on any atom is -0.493 e. The maximum Gasteiger partial charge on any atom is 0.446 e. The van der Waals surface area contributed by atoms with Crippen molar-refractivity contribution in [2.75, 3.05) is 28.4 Å². The Hall–Kier alpha value is -3.51. The van der Waals surface area contributed by atoms with Crippen LogP contribution in [0.15, 0.2) is 36.5 Å². The summed E-state index contributed by atoms with van der Waals surface area (Å²) in [4.78, 5) is 0. The zero-order chi connectivity index (χ0) is 21.9. The SMILES string of the molecule is COc1ccc(-c2cnnn2-c2cc(OC)c(OC)c(OC)c2)cc1OS(=O)(=O)O. The monoisotopic (exact) mass is 437 g/mol. The Morgan fingerprint density at radius 3 is 2.03 bits per heavy atom. The van der Waals surface area contributed by atoms with Crippen LogP contribution in [0.2, 0.25) is 0 Å². The van der Waals surface area contributed by atoms with Crippen LogP contribution >= 0.6 is 0 Å². The van der Waals surface area contributed by atoms with E-state index in [1.165, 1.54) is 51.5 Å². The molecule has 1 heterocycles. The lowest BCUT2D eigenvalue weighted by molar-refractivity contribution is 0.324. The summed E-state index contributed by atoms with van der Waals surface area (Å²) >= 11 is 0. The van der Waals surface area contributed by atoms with Gasteiger partial charge in [-0.15, -0.1) is 5.10 Å². The zero-order valence-electron chi connectivity index (χ0n) is 16.5. The third-order valence-electron chi connectivity index (χ3n) is 4.10. The van der Waals surface area contributed by atoms with Crippen molar-refractivity contribution >= 4 is 10.4 Å². The molecule has 1 N–H and O–H groups in total. The minimum absolute atomic E-state index is 0.114. The van der Waals surface area contributed by atoms with Gasteiger partial charge >= 0.3 is 10.4 Å². The van der Waals surface area contributed by atoms with E-state index in [0.717, 1.165) is 0 Å².